The molecule has 0 bridgehead atoms. The fraction of sp³-hybridized carbons (Fsp3) is 0.867. The van der Waals surface area contributed by atoms with Crippen molar-refractivity contribution in [2.45, 2.75) is 69.4 Å². The van der Waals surface area contributed by atoms with Crippen molar-refractivity contribution in [2.75, 3.05) is 14.2 Å². The largest absolute Gasteiger partial charge is 0.376 e. The molecule has 2 aliphatic rings. The first-order valence-corrected chi connectivity index (χ1v) is 7.24. The molecular formula is C15H27NO. The van der Waals surface area contributed by atoms with E-state index in [4.69, 9.17) is 4.74 Å². The molecule has 2 rings (SSSR count). The van der Waals surface area contributed by atoms with E-state index in [1.165, 1.54) is 57.8 Å². The highest BCUT2D eigenvalue weighted by molar-refractivity contribution is 5.19. The summed E-state index contributed by atoms with van der Waals surface area (Å²) in [7, 11) is 3.99. The standard InChI is InChI=1S/C15H27NO/c1-16-14(13-9-5-3-4-6-10-13)15(17-2)11-7-8-12-15/h9,14,16H,3-8,10-12H2,1-2H3. The molecule has 0 radical (unpaired) electrons. The summed E-state index contributed by atoms with van der Waals surface area (Å²) < 4.78 is 5.94. The van der Waals surface area contributed by atoms with E-state index >= 15 is 0 Å². The molecule has 1 saturated carbocycles. The van der Waals surface area contributed by atoms with Gasteiger partial charge in [0, 0.05) is 7.11 Å². The molecule has 0 aromatic heterocycles. The van der Waals surface area contributed by atoms with Gasteiger partial charge in [0.25, 0.3) is 0 Å². The Bertz CT molecular complexity index is 266. The zero-order chi connectivity index (χ0) is 12.1. The van der Waals surface area contributed by atoms with Gasteiger partial charge < -0.3 is 10.1 Å². The smallest absolute Gasteiger partial charge is 0.0869 e. The zero-order valence-electron chi connectivity index (χ0n) is 11.4. The monoisotopic (exact) mass is 237 g/mol. The van der Waals surface area contributed by atoms with Crippen molar-refractivity contribution in [1.29, 1.82) is 0 Å². The molecule has 1 atom stereocenters. The maximum absolute atomic E-state index is 5.94. The first-order valence-electron chi connectivity index (χ1n) is 7.24. The van der Waals surface area contributed by atoms with Crippen LogP contribution in [0.3, 0.4) is 0 Å². The Hall–Kier alpha value is -0.340. The number of methoxy groups -OCH3 is 1. The van der Waals surface area contributed by atoms with Crippen LogP contribution in [0.4, 0.5) is 0 Å². The maximum Gasteiger partial charge on any atom is 0.0869 e. The predicted molar refractivity (Wildman–Crippen MR) is 72.2 cm³/mol. The molecule has 1 N–H and O–H groups in total. The van der Waals surface area contributed by atoms with Crippen molar-refractivity contribution in [3.05, 3.63) is 11.6 Å². The lowest BCUT2D eigenvalue weighted by molar-refractivity contribution is -0.0250. The predicted octanol–water partition coefficient (Wildman–Crippen LogP) is 3.42. The SMILES string of the molecule is CNC(C1=CCCCCC1)C1(OC)CCCC1. The van der Waals surface area contributed by atoms with Gasteiger partial charge in [0.05, 0.1) is 11.6 Å². The normalized spacial score (nSPS) is 26.4. The zero-order valence-corrected chi connectivity index (χ0v) is 11.4. The first-order chi connectivity index (χ1) is 8.32. The first kappa shape index (κ1) is 13.1. The molecule has 2 aliphatic carbocycles. The Morgan fingerprint density at radius 2 is 1.94 bits per heavy atom. The summed E-state index contributed by atoms with van der Waals surface area (Å²) in [5.41, 5.74) is 1.68. The van der Waals surface area contributed by atoms with Crippen LogP contribution >= 0.6 is 0 Å². The molecule has 0 heterocycles. The maximum atomic E-state index is 5.94. The second kappa shape index (κ2) is 6.01. The molecule has 1 fully saturated rings. The number of ether oxygens (including phenoxy) is 1. The van der Waals surface area contributed by atoms with Gasteiger partial charge in [-0.25, -0.2) is 0 Å². The third-order valence-electron chi connectivity index (χ3n) is 4.62. The third-order valence-corrected chi connectivity index (χ3v) is 4.62. The summed E-state index contributed by atoms with van der Waals surface area (Å²) in [6, 6.07) is 0.438. The molecule has 0 amide bonds. The molecule has 1 unspecified atom stereocenters. The minimum atomic E-state index is 0.0743. The van der Waals surface area contributed by atoms with E-state index < -0.39 is 0 Å². The average molecular weight is 237 g/mol. The highest BCUT2D eigenvalue weighted by Crippen LogP contribution is 2.39. The van der Waals surface area contributed by atoms with Crippen molar-refractivity contribution in [2.24, 2.45) is 0 Å². The number of hydrogen-bond acceptors (Lipinski definition) is 2. The second-order valence-corrected chi connectivity index (χ2v) is 5.58. The topological polar surface area (TPSA) is 21.3 Å². The Morgan fingerprint density at radius 1 is 1.18 bits per heavy atom. The number of likely N-dealkylation sites (N-methyl/N-ethyl adjacent to an activating group) is 1. The van der Waals surface area contributed by atoms with Crippen LogP contribution in [0, 0.1) is 0 Å². The highest BCUT2D eigenvalue weighted by Gasteiger charge is 2.42. The Labute approximate surface area is 106 Å². The summed E-state index contributed by atoms with van der Waals surface area (Å²) in [6.07, 6.45) is 14.2. The summed E-state index contributed by atoms with van der Waals surface area (Å²) in [5, 5.41) is 3.54. The molecule has 0 spiro atoms. The minimum Gasteiger partial charge on any atom is -0.376 e. The van der Waals surface area contributed by atoms with Crippen LogP contribution < -0.4 is 5.32 Å². The molecule has 0 aromatic rings. The molecule has 0 aliphatic heterocycles. The Morgan fingerprint density at radius 3 is 2.59 bits per heavy atom. The Kier molecular flexibility index (Phi) is 4.63. The van der Waals surface area contributed by atoms with Gasteiger partial charge in [0.15, 0.2) is 0 Å². The van der Waals surface area contributed by atoms with E-state index in [1.54, 1.807) is 5.57 Å². The molecule has 2 heteroatoms. The van der Waals surface area contributed by atoms with Gasteiger partial charge in [0.2, 0.25) is 0 Å². The van der Waals surface area contributed by atoms with Crippen LogP contribution in [0.25, 0.3) is 0 Å². The van der Waals surface area contributed by atoms with Crippen LogP contribution in [-0.2, 0) is 4.74 Å². The van der Waals surface area contributed by atoms with Gasteiger partial charge in [-0.2, -0.15) is 0 Å². The lowest BCUT2D eigenvalue weighted by Crippen LogP contribution is -2.50. The van der Waals surface area contributed by atoms with Crippen molar-refractivity contribution in [1.82, 2.24) is 5.32 Å². The van der Waals surface area contributed by atoms with E-state index in [0.29, 0.717) is 6.04 Å². The van der Waals surface area contributed by atoms with E-state index in [-0.39, 0.29) is 5.60 Å². The number of nitrogens with one attached hydrogen (secondary N) is 1. The summed E-state index contributed by atoms with van der Waals surface area (Å²) >= 11 is 0. The van der Waals surface area contributed by atoms with Gasteiger partial charge in [-0.3, -0.25) is 0 Å². The van der Waals surface area contributed by atoms with E-state index in [0.717, 1.165) is 0 Å². The molecule has 2 nitrogen and oxygen atoms in total. The number of allylic oxidation sites excluding steroid dienone is 1. The quantitative estimate of drug-likeness (QED) is 0.756. The summed E-state index contributed by atoms with van der Waals surface area (Å²) in [5.74, 6) is 0. The average Bonchev–Trinajstić information content (AvgIpc) is 2.68. The van der Waals surface area contributed by atoms with Crippen LogP contribution in [0.2, 0.25) is 0 Å². The summed E-state index contributed by atoms with van der Waals surface area (Å²) in [4.78, 5) is 0. The van der Waals surface area contributed by atoms with Crippen LogP contribution in [0.1, 0.15) is 57.8 Å². The number of hydrogen-bond donors (Lipinski definition) is 1. The summed E-state index contributed by atoms with van der Waals surface area (Å²) in [6.45, 7) is 0. The lowest BCUT2D eigenvalue weighted by Gasteiger charge is -2.38. The van der Waals surface area contributed by atoms with Crippen molar-refractivity contribution >= 4 is 0 Å². The molecular weight excluding hydrogens is 210 g/mol. The van der Waals surface area contributed by atoms with Gasteiger partial charge in [-0.05, 0) is 45.6 Å². The van der Waals surface area contributed by atoms with Crippen molar-refractivity contribution < 1.29 is 4.74 Å². The molecule has 0 aromatic carbocycles. The van der Waals surface area contributed by atoms with Crippen molar-refractivity contribution in [3.8, 4) is 0 Å². The van der Waals surface area contributed by atoms with Crippen LogP contribution in [0.5, 0.6) is 0 Å². The third kappa shape index (κ3) is 2.74. The lowest BCUT2D eigenvalue weighted by atomic mass is 9.84. The van der Waals surface area contributed by atoms with E-state index in [1.807, 2.05) is 7.11 Å². The van der Waals surface area contributed by atoms with Crippen LogP contribution in [0.15, 0.2) is 11.6 Å². The van der Waals surface area contributed by atoms with E-state index in [2.05, 4.69) is 18.4 Å². The fourth-order valence-corrected chi connectivity index (χ4v) is 3.67. The molecule has 0 saturated heterocycles. The van der Waals surface area contributed by atoms with Gasteiger partial charge in [-0.1, -0.05) is 30.9 Å². The molecule has 17 heavy (non-hydrogen) atoms. The van der Waals surface area contributed by atoms with Crippen LogP contribution in [-0.4, -0.2) is 25.8 Å². The number of rotatable bonds is 4. The van der Waals surface area contributed by atoms with E-state index in [9.17, 15) is 0 Å². The molecule has 98 valence electrons. The van der Waals surface area contributed by atoms with Gasteiger partial charge >= 0.3 is 0 Å². The second-order valence-electron chi connectivity index (χ2n) is 5.58. The van der Waals surface area contributed by atoms with Gasteiger partial charge in [-0.15, -0.1) is 0 Å². The fourth-order valence-electron chi connectivity index (χ4n) is 3.67. The minimum absolute atomic E-state index is 0.0743. The Balaban J connectivity index is 2.15. The highest BCUT2D eigenvalue weighted by atomic mass is 16.5. The van der Waals surface area contributed by atoms with Crippen molar-refractivity contribution in [3.63, 3.8) is 0 Å². The van der Waals surface area contributed by atoms with Gasteiger partial charge in [0.1, 0.15) is 0 Å².